The van der Waals surface area contributed by atoms with Crippen LogP contribution in [-0.2, 0) is 4.79 Å². The Morgan fingerprint density at radius 3 is 2.96 bits per heavy atom. The van der Waals surface area contributed by atoms with Crippen LogP contribution in [0.4, 0.5) is 11.9 Å². The molecule has 3 aromatic rings. The van der Waals surface area contributed by atoms with E-state index in [9.17, 15) is 4.79 Å². The second-order valence-electron chi connectivity index (χ2n) is 6.49. The van der Waals surface area contributed by atoms with Gasteiger partial charge in [0.05, 0.1) is 0 Å². The molecule has 7 nitrogen and oxygen atoms in total. The van der Waals surface area contributed by atoms with Crippen molar-refractivity contribution in [2.45, 2.75) is 24.8 Å². The van der Waals surface area contributed by atoms with Crippen molar-refractivity contribution in [2.75, 3.05) is 11.1 Å². The third kappa shape index (κ3) is 2.33. The van der Waals surface area contributed by atoms with Crippen molar-refractivity contribution in [3.63, 3.8) is 0 Å². The van der Waals surface area contributed by atoms with Crippen molar-refractivity contribution >= 4 is 29.0 Å². The molecule has 0 unspecified atom stereocenters. The summed E-state index contributed by atoms with van der Waals surface area (Å²) in [6, 6.07) is 7.58. The molecule has 8 heteroatoms. The zero-order valence-corrected chi connectivity index (χ0v) is 14.6. The maximum atomic E-state index is 13.1. The fourth-order valence-corrected chi connectivity index (χ4v) is 4.63. The van der Waals surface area contributed by atoms with E-state index in [1.165, 1.54) is 4.88 Å². The average molecular weight is 364 g/mol. The Bertz CT molecular complexity index is 1010. The molecule has 4 heterocycles. The molecule has 2 atom stereocenters. The normalized spacial score (nSPS) is 21.9. The van der Waals surface area contributed by atoms with Crippen LogP contribution in [0, 0.1) is 0 Å². The second-order valence-corrected chi connectivity index (χ2v) is 7.47. The molecule has 26 heavy (non-hydrogen) atoms. The third-order valence-corrected chi connectivity index (χ3v) is 5.92. The number of nitrogens with two attached hydrogens (primary N) is 1. The first-order chi connectivity index (χ1) is 12.7. The minimum Gasteiger partial charge on any atom is -0.366 e. The van der Waals surface area contributed by atoms with E-state index < -0.39 is 0 Å². The summed E-state index contributed by atoms with van der Waals surface area (Å²) in [6.07, 6.45) is 4.75. The Labute approximate surface area is 153 Å². The number of ketones is 1. The van der Waals surface area contributed by atoms with Gasteiger partial charge in [0, 0.05) is 40.9 Å². The molecule has 0 saturated heterocycles. The van der Waals surface area contributed by atoms with E-state index in [2.05, 4.69) is 26.4 Å². The van der Waals surface area contributed by atoms with Gasteiger partial charge in [-0.3, -0.25) is 9.78 Å². The summed E-state index contributed by atoms with van der Waals surface area (Å²) in [6.45, 7) is 0. The first kappa shape index (κ1) is 15.3. The fraction of sp³-hybridized carbons (Fsp3) is 0.222. The van der Waals surface area contributed by atoms with Gasteiger partial charge in [0.1, 0.15) is 6.04 Å². The molecule has 3 N–H and O–H groups in total. The zero-order valence-electron chi connectivity index (χ0n) is 13.8. The van der Waals surface area contributed by atoms with Gasteiger partial charge in [-0.05, 0) is 29.5 Å². The molecule has 0 bridgehead atoms. The van der Waals surface area contributed by atoms with Gasteiger partial charge in [-0.25, -0.2) is 4.68 Å². The molecule has 0 saturated carbocycles. The minimum atomic E-state index is -0.350. The van der Waals surface area contributed by atoms with Gasteiger partial charge in [-0.1, -0.05) is 12.1 Å². The second kappa shape index (κ2) is 5.77. The summed E-state index contributed by atoms with van der Waals surface area (Å²) in [7, 11) is 0. The molecule has 5 rings (SSSR count). The quantitative estimate of drug-likeness (QED) is 0.725. The largest absolute Gasteiger partial charge is 0.366 e. The third-order valence-electron chi connectivity index (χ3n) is 4.88. The molecule has 2 aliphatic rings. The number of carbonyl (C=O) groups is 1. The number of aromatic nitrogens is 4. The number of nitrogen functional groups attached to an aromatic ring is 1. The molecule has 1 aliphatic heterocycles. The first-order valence-electron chi connectivity index (χ1n) is 8.39. The predicted octanol–water partition coefficient (Wildman–Crippen LogP) is 2.73. The van der Waals surface area contributed by atoms with E-state index in [0.29, 0.717) is 12.4 Å². The maximum Gasteiger partial charge on any atom is 0.241 e. The standard InChI is InChI=1S/C18H16N6OS/c19-17-22-18-21-12-7-11(14-4-2-6-26-14)8-13(25)15(12)16(24(18)23-17)10-3-1-5-20-9-10/h1-6,9,11,16H,7-8H2,(H3,19,21,22,23)/t11-,16+/m1/s1. The van der Waals surface area contributed by atoms with Gasteiger partial charge < -0.3 is 11.1 Å². The van der Waals surface area contributed by atoms with Crippen LogP contribution in [0.5, 0.6) is 0 Å². The van der Waals surface area contributed by atoms with Crippen molar-refractivity contribution in [3.05, 3.63) is 63.7 Å². The number of anilines is 2. The van der Waals surface area contributed by atoms with Gasteiger partial charge in [0.25, 0.3) is 0 Å². The SMILES string of the molecule is Nc1nc2n(n1)[C@@H](c1cccnc1)C1=C(C[C@@H](c3cccs3)CC1=O)N2. The molecule has 130 valence electrons. The number of fused-ring (bicyclic) bond motifs is 1. The van der Waals surface area contributed by atoms with E-state index >= 15 is 0 Å². The minimum absolute atomic E-state index is 0.130. The van der Waals surface area contributed by atoms with E-state index in [-0.39, 0.29) is 23.7 Å². The predicted molar refractivity (Wildman–Crippen MR) is 98.8 cm³/mol. The molecule has 0 amide bonds. The highest BCUT2D eigenvalue weighted by atomic mass is 32.1. The number of nitrogens with one attached hydrogen (secondary N) is 1. The van der Waals surface area contributed by atoms with E-state index in [0.717, 1.165) is 23.3 Å². The summed E-state index contributed by atoms with van der Waals surface area (Å²) in [4.78, 5) is 22.9. The average Bonchev–Trinajstić information content (AvgIpc) is 3.29. The van der Waals surface area contributed by atoms with Crippen molar-refractivity contribution in [1.29, 1.82) is 0 Å². The van der Waals surface area contributed by atoms with Gasteiger partial charge in [-0.2, -0.15) is 4.98 Å². The molecule has 0 spiro atoms. The lowest BCUT2D eigenvalue weighted by molar-refractivity contribution is -0.116. The lowest BCUT2D eigenvalue weighted by Gasteiger charge is -2.34. The summed E-state index contributed by atoms with van der Waals surface area (Å²) in [5.41, 5.74) is 8.38. The Morgan fingerprint density at radius 1 is 1.27 bits per heavy atom. The number of hydrogen-bond acceptors (Lipinski definition) is 7. The highest BCUT2D eigenvalue weighted by molar-refractivity contribution is 7.10. The number of rotatable bonds is 2. The summed E-state index contributed by atoms with van der Waals surface area (Å²) < 4.78 is 1.69. The smallest absolute Gasteiger partial charge is 0.241 e. The Balaban J connectivity index is 1.64. The summed E-state index contributed by atoms with van der Waals surface area (Å²) >= 11 is 1.69. The molecule has 0 aromatic carbocycles. The lowest BCUT2D eigenvalue weighted by Crippen LogP contribution is -2.33. The number of thiophene rings is 1. The monoisotopic (exact) mass is 364 g/mol. The molecular weight excluding hydrogens is 348 g/mol. The van der Waals surface area contributed by atoms with Gasteiger partial charge in [0.2, 0.25) is 11.9 Å². The van der Waals surface area contributed by atoms with Crippen LogP contribution in [0.25, 0.3) is 0 Å². The van der Waals surface area contributed by atoms with Crippen molar-refractivity contribution in [1.82, 2.24) is 19.7 Å². The number of nitrogens with zero attached hydrogens (tertiary/aromatic N) is 4. The molecule has 1 aliphatic carbocycles. The van der Waals surface area contributed by atoms with Gasteiger partial charge in [0.15, 0.2) is 5.78 Å². The highest BCUT2D eigenvalue weighted by Crippen LogP contribution is 2.44. The molecule has 3 aromatic heterocycles. The summed E-state index contributed by atoms with van der Waals surface area (Å²) in [5.74, 6) is 1.07. The lowest BCUT2D eigenvalue weighted by atomic mass is 9.80. The van der Waals surface area contributed by atoms with Gasteiger partial charge >= 0.3 is 0 Å². The van der Waals surface area contributed by atoms with Crippen LogP contribution in [0.2, 0.25) is 0 Å². The number of Topliss-reactive ketones (excluding diaryl/α,β-unsaturated/α-hetero) is 1. The fourth-order valence-electron chi connectivity index (χ4n) is 3.80. The Hall–Kier alpha value is -3.00. The molecule has 0 fully saturated rings. The van der Waals surface area contributed by atoms with Gasteiger partial charge in [-0.15, -0.1) is 16.4 Å². The topological polar surface area (TPSA) is 98.7 Å². The Kier molecular flexibility index (Phi) is 3.39. The van der Waals surface area contributed by atoms with Crippen LogP contribution < -0.4 is 11.1 Å². The highest BCUT2D eigenvalue weighted by Gasteiger charge is 2.39. The number of pyridine rings is 1. The molecule has 0 radical (unpaired) electrons. The van der Waals surface area contributed by atoms with Crippen LogP contribution in [0.3, 0.4) is 0 Å². The first-order valence-corrected chi connectivity index (χ1v) is 9.27. The zero-order chi connectivity index (χ0) is 17.7. The van der Waals surface area contributed by atoms with Crippen molar-refractivity contribution in [2.24, 2.45) is 0 Å². The van der Waals surface area contributed by atoms with Crippen molar-refractivity contribution < 1.29 is 4.79 Å². The van der Waals surface area contributed by atoms with Crippen LogP contribution in [0.1, 0.15) is 35.2 Å². The van der Waals surface area contributed by atoms with Crippen LogP contribution >= 0.6 is 11.3 Å². The van der Waals surface area contributed by atoms with Crippen LogP contribution in [0.15, 0.2) is 53.3 Å². The Morgan fingerprint density at radius 2 is 2.19 bits per heavy atom. The maximum absolute atomic E-state index is 13.1. The van der Waals surface area contributed by atoms with E-state index in [1.54, 1.807) is 28.4 Å². The van der Waals surface area contributed by atoms with Crippen molar-refractivity contribution in [3.8, 4) is 0 Å². The molecular formula is C18H16N6OS. The van der Waals surface area contributed by atoms with E-state index in [1.807, 2.05) is 23.6 Å². The number of hydrogen-bond donors (Lipinski definition) is 2. The number of allylic oxidation sites excluding steroid dienone is 2. The van der Waals surface area contributed by atoms with E-state index in [4.69, 9.17) is 5.73 Å². The summed E-state index contributed by atoms with van der Waals surface area (Å²) in [5, 5.41) is 9.66. The number of carbonyl (C=O) groups excluding carboxylic acids is 1. The van der Waals surface area contributed by atoms with Crippen LogP contribution in [-0.4, -0.2) is 25.5 Å².